The van der Waals surface area contributed by atoms with E-state index in [2.05, 4.69) is 5.32 Å². The van der Waals surface area contributed by atoms with E-state index in [1.807, 2.05) is 24.3 Å². The Morgan fingerprint density at radius 2 is 1.93 bits per heavy atom. The fraction of sp³-hybridized carbons (Fsp3) is 0.333. The lowest BCUT2D eigenvalue weighted by Crippen LogP contribution is -2.34. The van der Waals surface area contributed by atoms with E-state index >= 15 is 0 Å². The van der Waals surface area contributed by atoms with Gasteiger partial charge in [0.1, 0.15) is 11.6 Å². The molecule has 0 radical (unpaired) electrons. The van der Waals surface area contributed by atoms with Crippen LogP contribution < -0.4 is 10.1 Å². The van der Waals surface area contributed by atoms with Crippen LogP contribution in [0.5, 0.6) is 5.75 Å². The molecular weight excluding hydrogens is 379 g/mol. The Bertz CT molecular complexity index is 811. The summed E-state index contributed by atoms with van der Waals surface area (Å²) in [7, 11) is 1.60. The summed E-state index contributed by atoms with van der Waals surface area (Å²) < 4.78 is 18.4. The van der Waals surface area contributed by atoms with E-state index in [-0.39, 0.29) is 29.4 Å². The van der Waals surface area contributed by atoms with Gasteiger partial charge in [0.05, 0.1) is 13.2 Å². The van der Waals surface area contributed by atoms with Crippen molar-refractivity contribution in [3.05, 3.63) is 65.5 Å². The molecule has 2 aromatic carbocycles. The molecule has 1 unspecified atom stereocenters. The summed E-state index contributed by atoms with van der Waals surface area (Å²) in [5.74, 6) is 1.11. The van der Waals surface area contributed by atoms with Crippen molar-refractivity contribution in [1.82, 2.24) is 10.2 Å². The molecule has 0 aromatic heterocycles. The first-order chi connectivity index (χ1) is 13.5. The molecule has 5 nitrogen and oxygen atoms in total. The highest BCUT2D eigenvalue weighted by molar-refractivity contribution is 8.13. The number of hydrogen-bond donors (Lipinski definition) is 1. The summed E-state index contributed by atoms with van der Waals surface area (Å²) in [6.07, 6.45) is 0.791. The number of ether oxygens (including phenoxy) is 1. The number of methoxy groups -OCH3 is 1. The third kappa shape index (κ3) is 5.48. The molecule has 148 valence electrons. The van der Waals surface area contributed by atoms with Crippen molar-refractivity contribution in [1.29, 1.82) is 0 Å². The number of nitrogens with zero attached hydrogens (tertiary/aromatic N) is 1. The fourth-order valence-electron chi connectivity index (χ4n) is 3.08. The lowest BCUT2D eigenvalue weighted by Gasteiger charge is -2.21. The van der Waals surface area contributed by atoms with Crippen LogP contribution >= 0.6 is 11.8 Å². The first kappa shape index (κ1) is 20.2. The SMILES string of the molecule is COc1ccc(C(Cc2ccc(F)cc2)NC(=O)CCN2CCSC2=O)cc1. The topological polar surface area (TPSA) is 58.6 Å². The number of amides is 2. The minimum atomic E-state index is -0.290. The van der Waals surface area contributed by atoms with Crippen molar-refractivity contribution in [3.63, 3.8) is 0 Å². The Morgan fingerprint density at radius 3 is 2.54 bits per heavy atom. The van der Waals surface area contributed by atoms with Crippen molar-refractivity contribution in [2.24, 2.45) is 0 Å². The zero-order valence-corrected chi connectivity index (χ0v) is 16.5. The number of hydrogen-bond acceptors (Lipinski definition) is 4. The van der Waals surface area contributed by atoms with E-state index in [0.717, 1.165) is 22.6 Å². The highest BCUT2D eigenvalue weighted by Gasteiger charge is 2.22. The van der Waals surface area contributed by atoms with Gasteiger partial charge in [-0.25, -0.2) is 4.39 Å². The van der Waals surface area contributed by atoms with Gasteiger partial charge in [0.15, 0.2) is 0 Å². The molecule has 1 heterocycles. The maximum atomic E-state index is 13.2. The smallest absolute Gasteiger partial charge is 0.281 e. The van der Waals surface area contributed by atoms with Gasteiger partial charge < -0.3 is 15.0 Å². The summed E-state index contributed by atoms with van der Waals surface area (Å²) >= 11 is 1.29. The van der Waals surface area contributed by atoms with E-state index in [4.69, 9.17) is 4.74 Å². The molecule has 0 bridgehead atoms. The van der Waals surface area contributed by atoms with Gasteiger partial charge in [-0.05, 0) is 41.8 Å². The van der Waals surface area contributed by atoms with E-state index in [0.29, 0.717) is 19.5 Å². The van der Waals surface area contributed by atoms with Crippen LogP contribution in [-0.4, -0.2) is 42.0 Å². The third-order valence-corrected chi connectivity index (χ3v) is 5.55. The van der Waals surface area contributed by atoms with Gasteiger partial charge in [-0.1, -0.05) is 36.0 Å². The zero-order valence-electron chi connectivity index (χ0n) is 15.7. The molecule has 2 amide bonds. The van der Waals surface area contributed by atoms with Gasteiger partial charge in [-0.2, -0.15) is 0 Å². The summed E-state index contributed by atoms with van der Waals surface area (Å²) in [6.45, 7) is 1.11. The lowest BCUT2D eigenvalue weighted by atomic mass is 9.98. The van der Waals surface area contributed by atoms with Gasteiger partial charge in [-0.3, -0.25) is 9.59 Å². The Hall–Kier alpha value is -2.54. The first-order valence-electron chi connectivity index (χ1n) is 9.14. The predicted octanol–water partition coefficient (Wildman–Crippen LogP) is 3.79. The summed E-state index contributed by atoms with van der Waals surface area (Å²) in [6, 6.07) is 13.5. The number of halogens is 1. The highest BCUT2D eigenvalue weighted by Crippen LogP contribution is 2.22. The van der Waals surface area contributed by atoms with E-state index < -0.39 is 0 Å². The molecule has 7 heteroatoms. The third-order valence-electron chi connectivity index (χ3n) is 4.66. The van der Waals surface area contributed by atoms with E-state index in [9.17, 15) is 14.0 Å². The quantitative estimate of drug-likeness (QED) is 0.730. The molecule has 1 aliphatic rings. The van der Waals surface area contributed by atoms with Crippen LogP contribution in [0, 0.1) is 5.82 Å². The number of nitrogens with one attached hydrogen (secondary N) is 1. The summed E-state index contributed by atoms with van der Waals surface area (Å²) in [5, 5.41) is 3.09. The summed E-state index contributed by atoms with van der Waals surface area (Å²) in [4.78, 5) is 25.9. The number of thioether (sulfide) groups is 1. The normalized spacial score (nSPS) is 14.8. The average molecular weight is 402 g/mol. The van der Waals surface area contributed by atoms with E-state index in [1.165, 1.54) is 23.9 Å². The molecule has 3 rings (SSSR count). The molecular formula is C21H23FN2O3S. The van der Waals surface area contributed by atoms with Crippen molar-refractivity contribution >= 4 is 22.9 Å². The Kier molecular flexibility index (Phi) is 6.92. The second kappa shape index (κ2) is 9.59. The van der Waals surface area contributed by atoms with Gasteiger partial charge in [0.2, 0.25) is 5.91 Å². The van der Waals surface area contributed by atoms with Crippen molar-refractivity contribution in [2.75, 3.05) is 26.0 Å². The second-order valence-corrected chi connectivity index (χ2v) is 7.62. The average Bonchev–Trinajstić information content (AvgIpc) is 3.12. The Labute approximate surface area is 168 Å². The van der Waals surface area contributed by atoms with Gasteiger partial charge >= 0.3 is 0 Å². The zero-order chi connectivity index (χ0) is 19.9. The largest absolute Gasteiger partial charge is 0.497 e. The van der Waals surface area contributed by atoms with Gasteiger partial charge in [-0.15, -0.1) is 0 Å². The lowest BCUT2D eigenvalue weighted by molar-refractivity contribution is -0.122. The molecule has 28 heavy (non-hydrogen) atoms. The predicted molar refractivity (Wildman–Crippen MR) is 108 cm³/mol. The molecule has 1 N–H and O–H groups in total. The summed E-state index contributed by atoms with van der Waals surface area (Å²) in [5.41, 5.74) is 1.86. The highest BCUT2D eigenvalue weighted by atomic mass is 32.2. The van der Waals surface area contributed by atoms with Gasteiger partial charge in [0.25, 0.3) is 5.24 Å². The van der Waals surface area contributed by atoms with Crippen molar-refractivity contribution < 1.29 is 18.7 Å². The molecule has 1 saturated heterocycles. The minimum absolute atomic E-state index is 0.0332. The standard InChI is InChI=1S/C21H23FN2O3S/c1-27-18-8-4-16(5-9-18)19(14-15-2-6-17(22)7-3-15)23-20(25)10-11-24-12-13-28-21(24)26/h2-9,19H,10-14H2,1H3,(H,23,25). The van der Waals surface area contributed by atoms with Crippen LogP contribution in [0.2, 0.25) is 0 Å². The van der Waals surface area contributed by atoms with Crippen LogP contribution in [0.15, 0.2) is 48.5 Å². The van der Waals surface area contributed by atoms with Crippen molar-refractivity contribution in [3.8, 4) is 5.75 Å². The van der Waals surface area contributed by atoms with Crippen molar-refractivity contribution in [2.45, 2.75) is 18.9 Å². The van der Waals surface area contributed by atoms with E-state index in [1.54, 1.807) is 24.1 Å². The number of carbonyl (C=O) groups excluding carboxylic acids is 2. The Balaban J connectivity index is 1.68. The minimum Gasteiger partial charge on any atom is -0.497 e. The molecule has 1 atom stereocenters. The molecule has 0 saturated carbocycles. The molecule has 1 fully saturated rings. The number of rotatable bonds is 8. The second-order valence-electron chi connectivity index (χ2n) is 6.58. The first-order valence-corrected chi connectivity index (χ1v) is 10.1. The van der Waals surface area contributed by atoms with Crippen LogP contribution in [0.4, 0.5) is 9.18 Å². The molecule has 2 aromatic rings. The van der Waals surface area contributed by atoms with Crippen LogP contribution in [0.3, 0.4) is 0 Å². The maximum absolute atomic E-state index is 13.2. The monoisotopic (exact) mass is 402 g/mol. The number of carbonyl (C=O) groups is 2. The molecule has 0 aliphatic carbocycles. The Morgan fingerprint density at radius 1 is 1.21 bits per heavy atom. The van der Waals surface area contributed by atoms with Crippen LogP contribution in [0.1, 0.15) is 23.6 Å². The van der Waals surface area contributed by atoms with Gasteiger partial charge in [0, 0.05) is 25.3 Å². The fourth-order valence-corrected chi connectivity index (χ4v) is 3.93. The van der Waals surface area contributed by atoms with Crippen LogP contribution in [-0.2, 0) is 11.2 Å². The molecule has 1 aliphatic heterocycles. The van der Waals surface area contributed by atoms with Crippen LogP contribution in [0.25, 0.3) is 0 Å². The number of benzene rings is 2. The molecule has 0 spiro atoms. The maximum Gasteiger partial charge on any atom is 0.281 e.